The van der Waals surface area contributed by atoms with E-state index in [0.717, 1.165) is 16.7 Å². The Morgan fingerprint density at radius 1 is 0.902 bits per heavy atom. The number of carbonyl (C=O) groups is 3. The molecular formula is C32H36N2O6S. The first-order valence-corrected chi connectivity index (χ1v) is 14.7. The molecule has 0 spiro atoms. The first-order chi connectivity index (χ1) is 19.9. The summed E-state index contributed by atoms with van der Waals surface area (Å²) in [5, 5.41) is 6.07. The van der Waals surface area contributed by atoms with E-state index < -0.39 is 24.2 Å². The number of esters is 2. The molecule has 216 valence electrons. The first-order valence-electron chi connectivity index (χ1n) is 13.7. The van der Waals surface area contributed by atoms with Gasteiger partial charge in [0, 0.05) is 5.75 Å². The van der Waals surface area contributed by atoms with Gasteiger partial charge in [-0.2, -0.15) is 0 Å². The van der Waals surface area contributed by atoms with Gasteiger partial charge in [0.15, 0.2) is 6.10 Å². The summed E-state index contributed by atoms with van der Waals surface area (Å²) >= 11 is 1.65. The highest BCUT2D eigenvalue weighted by Crippen LogP contribution is 2.30. The summed E-state index contributed by atoms with van der Waals surface area (Å²) in [4.78, 5) is 38.4. The average Bonchev–Trinajstić information content (AvgIpc) is 3.52. The van der Waals surface area contributed by atoms with Crippen LogP contribution < -0.4 is 10.6 Å². The van der Waals surface area contributed by atoms with E-state index >= 15 is 0 Å². The Hall–Kier alpha value is -3.82. The topological polar surface area (TPSA) is 103 Å². The minimum absolute atomic E-state index is 0.0159. The third-order valence-electron chi connectivity index (χ3n) is 6.95. The Bertz CT molecular complexity index is 1220. The van der Waals surface area contributed by atoms with Crippen molar-refractivity contribution in [1.82, 2.24) is 10.6 Å². The zero-order valence-corrected chi connectivity index (χ0v) is 24.0. The number of hydrogen-bond acceptors (Lipinski definition) is 8. The van der Waals surface area contributed by atoms with E-state index in [0.29, 0.717) is 18.6 Å². The molecule has 0 saturated carbocycles. The quantitative estimate of drug-likeness (QED) is 0.223. The van der Waals surface area contributed by atoms with Crippen molar-refractivity contribution in [2.24, 2.45) is 5.92 Å². The molecule has 0 aromatic heterocycles. The molecule has 8 nitrogen and oxygen atoms in total. The Morgan fingerprint density at radius 2 is 1.49 bits per heavy atom. The molecule has 1 heterocycles. The van der Waals surface area contributed by atoms with Gasteiger partial charge < -0.3 is 19.5 Å². The van der Waals surface area contributed by atoms with Crippen LogP contribution in [0.2, 0.25) is 0 Å². The van der Waals surface area contributed by atoms with Crippen LogP contribution in [0.15, 0.2) is 91.0 Å². The lowest BCUT2D eigenvalue weighted by Crippen LogP contribution is -2.43. The molecule has 9 heteroatoms. The molecule has 1 fully saturated rings. The average molecular weight is 577 g/mol. The van der Waals surface area contributed by atoms with E-state index in [-0.39, 0.29) is 29.9 Å². The molecule has 1 saturated heterocycles. The number of carbonyl (C=O) groups excluding carboxylic acids is 3. The van der Waals surface area contributed by atoms with Crippen LogP contribution in [0.1, 0.15) is 42.6 Å². The second kappa shape index (κ2) is 15.3. The smallest absolute Gasteiger partial charge is 0.408 e. The maximum absolute atomic E-state index is 13.6. The van der Waals surface area contributed by atoms with Crippen LogP contribution in [0.25, 0.3) is 0 Å². The van der Waals surface area contributed by atoms with E-state index in [1.165, 1.54) is 7.11 Å². The van der Waals surface area contributed by atoms with Gasteiger partial charge >= 0.3 is 18.0 Å². The molecular weight excluding hydrogens is 540 g/mol. The van der Waals surface area contributed by atoms with E-state index in [1.807, 2.05) is 91.0 Å². The summed E-state index contributed by atoms with van der Waals surface area (Å²) in [6, 6.07) is 27.1. The number of amides is 1. The van der Waals surface area contributed by atoms with Crippen molar-refractivity contribution in [2.45, 2.75) is 49.9 Å². The second-order valence-corrected chi connectivity index (χ2v) is 11.1. The molecule has 0 bridgehead atoms. The highest BCUT2D eigenvalue weighted by molar-refractivity contribution is 8.00. The maximum Gasteiger partial charge on any atom is 0.408 e. The summed E-state index contributed by atoms with van der Waals surface area (Å²) in [6.45, 7) is 2.14. The monoisotopic (exact) mass is 576 g/mol. The van der Waals surface area contributed by atoms with Crippen LogP contribution in [-0.2, 0) is 30.4 Å². The van der Waals surface area contributed by atoms with Gasteiger partial charge in [-0.3, -0.25) is 10.1 Å². The molecule has 0 aliphatic carbocycles. The lowest BCUT2D eigenvalue weighted by atomic mass is 9.99. The minimum Gasteiger partial charge on any atom is -0.468 e. The van der Waals surface area contributed by atoms with E-state index in [9.17, 15) is 14.4 Å². The van der Waals surface area contributed by atoms with Gasteiger partial charge in [0.1, 0.15) is 18.7 Å². The molecule has 0 radical (unpaired) electrons. The lowest BCUT2D eigenvalue weighted by molar-refractivity contribution is -0.150. The van der Waals surface area contributed by atoms with E-state index in [1.54, 1.807) is 11.8 Å². The molecule has 4 rings (SSSR count). The van der Waals surface area contributed by atoms with Gasteiger partial charge in [0.2, 0.25) is 0 Å². The van der Waals surface area contributed by atoms with Crippen molar-refractivity contribution in [3.63, 3.8) is 0 Å². The van der Waals surface area contributed by atoms with Crippen LogP contribution in [0.5, 0.6) is 0 Å². The number of nitrogens with one attached hydrogen (secondary N) is 2. The van der Waals surface area contributed by atoms with Crippen LogP contribution in [0.3, 0.4) is 0 Å². The summed E-state index contributed by atoms with van der Waals surface area (Å²) in [5.41, 5.74) is 2.49. The zero-order chi connectivity index (χ0) is 29.0. The summed E-state index contributed by atoms with van der Waals surface area (Å²) in [5.74, 6) is -0.117. The number of methoxy groups -OCH3 is 1. The van der Waals surface area contributed by atoms with Crippen LogP contribution >= 0.6 is 11.8 Å². The number of benzene rings is 3. The Labute approximate surface area is 245 Å². The van der Waals surface area contributed by atoms with Crippen LogP contribution in [0.4, 0.5) is 4.79 Å². The minimum atomic E-state index is -0.932. The zero-order valence-electron chi connectivity index (χ0n) is 23.2. The highest BCUT2D eigenvalue weighted by Gasteiger charge is 2.34. The number of rotatable bonds is 12. The Morgan fingerprint density at radius 3 is 2.07 bits per heavy atom. The summed E-state index contributed by atoms with van der Waals surface area (Å²) in [6.07, 6.45) is -0.407. The summed E-state index contributed by atoms with van der Waals surface area (Å²) < 4.78 is 16.4. The van der Waals surface area contributed by atoms with Crippen LogP contribution in [-0.4, -0.2) is 48.4 Å². The fraction of sp³-hybridized carbons (Fsp3) is 0.344. The molecule has 3 aromatic carbocycles. The van der Waals surface area contributed by atoms with Crippen molar-refractivity contribution in [3.8, 4) is 0 Å². The fourth-order valence-corrected chi connectivity index (χ4v) is 5.98. The molecule has 41 heavy (non-hydrogen) atoms. The fourth-order valence-electron chi connectivity index (χ4n) is 4.62. The Kier molecular flexibility index (Phi) is 11.2. The van der Waals surface area contributed by atoms with Gasteiger partial charge in [0.05, 0.1) is 12.5 Å². The molecule has 1 amide bonds. The van der Waals surface area contributed by atoms with Gasteiger partial charge in [-0.1, -0.05) is 97.9 Å². The molecule has 3 aromatic rings. The van der Waals surface area contributed by atoms with E-state index in [4.69, 9.17) is 14.2 Å². The predicted octanol–water partition coefficient (Wildman–Crippen LogP) is 5.23. The largest absolute Gasteiger partial charge is 0.468 e. The maximum atomic E-state index is 13.6. The van der Waals surface area contributed by atoms with Gasteiger partial charge in [-0.05, 0) is 35.4 Å². The highest BCUT2D eigenvalue weighted by atomic mass is 32.2. The van der Waals surface area contributed by atoms with Gasteiger partial charge in [0.25, 0.3) is 0 Å². The normalized spacial score (nSPS) is 17.8. The third-order valence-corrected chi connectivity index (χ3v) is 8.43. The van der Waals surface area contributed by atoms with Crippen molar-refractivity contribution in [3.05, 3.63) is 108 Å². The first kappa shape index (κ1) is 30.1. The second-order valence-electron chi connectivity index (χ2n) is 9.95. The lowest BCUT2D eigenvalue weighted by Gasteiger charge is -2.25. The SMILES string of the molecule is COC(=O)[C@@H]1CS[C@H]([C@@H](C)CC[C@@H](NC(=O)OCc2ccccc2)C(=O)OC(c2ccccc2)c2ccccc2)N1. The third kappa shape index (κ3) is 8.83. The molecule has 2 N–H and O–H groups in total. The van der Waals surface area contributed by atoms with Crippen molar-refractivity contribution in [2.75, 3.05) is 12.9 Å². The summed E-state index contributed by atoms with van der Waals surface area (Å²) in [7, 11) is 1.38. The standard InChI is InChI=1S/C32H36N2O6S/c1-22(29-33-27(21-41-29)30(35)38-2)18-19-26(34-32(37)39-20-23-12-6-3-7-13-23)31(36)40-28(24-14-8-4-9-15-24)25-16-10-5-11-17-25/h3-17,22,26-29,33H,18-21H2,1-2H3,(H,34,37)/t22-,26+,27-,29+/m0/s1. The van der Waals surface area contributed by atoms with E-state index in [2.05, 4.69) is 17.6 Å². The van der Waals surface area contributed by atoms with Crippen molar-refractivity contribution < 1.29 is 28.6 Å². The number of ether oxygens (including phenoxy) is 3. The van der Waals surface area contributed by atoms with Crippen molar-refractivity contribution >= 4 is 29.8 Å². The molecule has 1 aliphatic rings. The van der Waals surface area contributed by atoms with Crippen LogP contribution in [0, 0.1) is 5.92 Å². The number of thioether (sulfide) groups is 1. The van der Waals surface area contributed by atoms with Crippen molar-refractivity contribution in [1.29, 1.82) is 0 Å². The van der Waals surface area contributed by atoms with Gasteiger partial charge in [-0.15, -0.1) is 11.8 Å². The molecule has 4 atom stereocenters. The number of hydrogen-bond donors (Lipinski definition) is 2. The predicted molar refractivity (Wildman–Crippen MR) is 158 cm³/mol. The molecule has 1 aliphatic heterocycles. The number of alkyl carbamates (subject to hydrolysis) is 1. The molecule has 0 unspecified atom stereocenters. The van der Waals surface area contributed by atoms with Gasteiger partial charge in [-0.25, -0.2) is 9.59 Å². The Balaban J connectivity index is 1.45.